The van der Waals surface area contributed by atoms with Crippen molar-refractivity contribution in [1.82, 2.24) is 15.2 Å². The summed E-state index contributed by atoms with van der Waals surface area (Å²) in [6, 6.07) is 7.49. The van der Waals surface area contributed by atoms with E-state index in [1.54, 1.807) is 0 Å². The lowest BCUT2D eigenvalue weighted by atomic mass is 9.84. The second-order valence-corrected chi connectivity index (χ2v) is 7.28. The van der Waals surface area contributed by atoms with Crippen molar-refractivity contribution in [2.75, 3.05) is 27.2 Å². The smallest absolute Gasteiger partial charge is 0.339 e. The van der Waals surface area contributed by atoms with Gasteiger partial charge < -0.3 is 15.0 Å². The monoisotopic (exact) mass is 383 g/mol. The molecule has 0 unspecified atom stereocenters. The molecule has 0 saturated carbocycles. The predicted molar refractivity (Wildman–Crippen MR) is 105 cm³/mol. The topological polar surface area (TPSA) is 88.6 Å². The zero-order chi connectivity index (χ0) is 20.3. The van der Waals surface area contributed by atoms with E-state index in [4.69, 9.17) is 9.72 Å². The summed E-state index contributed by atoms with van der Waals surface area (Å²) in [7, 11) is 3.00. The lowest BCUT2D eigenvalue weighted by Crippen LogP contribution is -2.39. The van der Waals surface area contributed by atoms with E-state index in [0.717, 1.165) is 41.4 Å². The van der Waals surface area contributed by atoms with Gasteiger partial charge in [0.25, 0.3) is 5.91 Å². The molecule has 1 aromatic carbocycles. The minimum absolute atomic E-state index is 0.0853. The Kier molecular flexibility index (Phi) is 5.92. The van der Waals surface area contributed by atoms with Gasteiger partial charge >= 0.3 is 5.97 Å². The van der Waals surface area contributed by atoms with Crippen molar-refractivity contribution in [3.05, 3.63) is 41.1 Å². The zero-order valence-electron chi connectivity index (χ0n) is 16.4. The van der Waals surface area contributed by atoms with Gasteiger partial charge in [-0.3, -0.25) is 14.6 Å². The Morgan fingerprint density at radius 1 is 1.29 bits per heavy atom. The first kappa shape index (κ1) is 19.8. The molecular weight excluding hydrogens is 358 g/mol. The quantitative estimate of drug-likeness (QED) is 0.795. The first-order chi connectivity index (χ1) is 13.4. The zero-order valence-corrected chi connectivity index (χ0v) is 16.4. The molecule has 0 aliphatic heterocycles. The number of aryl methyl sites for hydroxylation is 1. The molecule has 0 bridgehead atoms. The van der Waals surface area contributed by atoms with Gasteiger partial charge in [-0.25, -0.2) is 4.79 Å². The molecule has 1 N–H and O–H groups in total. The van der Waals surface area contributed by atoms with Gasteiger partial charge in [-0.2, -0.15) is 0 Å². The van der Waals surface area contributed by atoms with Crippen molar-refractivity contribution in [1.29, 1.82) is 0 Å². The van der Waals surface area contributed by atoms with Gasteiger partial charge in [-0.05, 0) is 36.8 Å². The average molecular weight is 383 g/mol. The molecule has 28 heavy (non-hydrogen) atoms. The van der Waals surface area contributed by atoms with E-state index < -0.39 is 18.5 Å². The molecular formula is C21H25N3O4. The summed E-state index contributed by atoms with van der Waals surface area (Å²) in [6.45, 7) is 1.66. The maximum Gasteiger partial charge on any atom is 0.339 e. The Bertz CT molecular complexity index is 925. The standard InChI is InChI=1S/C21H25N3O4/c1-13-8-9-17-15(10-13)20(14-6-4-5-7-16(14)23-17)21(27)28-12-19(26)24(3)11-18(25)22-2/h4-7,13H,8-12H2,1-3H3,(H,22,25)/t13-/m1/s1. The predicted octanol–water partition coefficient (Wildman–Crippen LogP) is 1.72. The summed E-state index contributed by atoms with van der Waals surface area (Å²) < 4.78 is 5.35. The van der Waals surface area contributed by atoms with E-state index in [0.29, 0.717) is 11.5 Å². The van der Waals surface area contributed by atoms with Crippen LogP contribution in [-0.2, 0) is 27.2 Å². The third-order valence-corrected chi connectivity index (χ3v) is 5.12. The highest BCUT2D eigenvalue weighted by molar-refractivity contribution is 6.05. The Balaban J connectivity index is 1.84. The number of benzene rings is 1. The lowest BCUT2D eigenvalue weighted by Gasteiger charge is -2.24. The van der Waals surface area contributed by atoms with Gasteiger partial charge in [-0.15, -0.1) is 0 Å². The van der Waals surface area contributed by atoms with Crippen molar-refractivity contribution < 1.29 is 19.1 Å². The largest absolute Gasteiger partial charge is 0.452 e. The van der Waals surface area contributed by atoms with Gasteiger partial charge in [0.1, 0.15) is 0 Å². The molecule has 1 atom stereocenters. The van der Waals surface area contributed by atoms with E-state index in [-0.39, 0.29) is 12.5 Å². The van der Waals surface area contributed by atoms with Crippen molar-refractivity contribution >= 4 is 28.7 Å². The molecule has 1 aliphatic carbocycles. The van der Waals surface area contributed by atoms with Gasteiger partial charge in [0.2, 0.25) is 5.91 Å². The Hall–Kier alpha value is -2.96. The minimum Gasteiger partial charge on any atom is -0.452 e. The molecule has 7 nitrogen and oxygen atoms in total. The van der Waals surface area contributed by atoms with Crippen LogP contribution >= 0.6 is 0 Å². The number of carbonyl (C=O) groups excluding carboxylic acids is 3. The van der Waals surface area contributed by atoms with Gasteiger partial charge in [0.15, 0.2) is 6.61 Å². The Labute approximate surface area is 164 Å². The van der Waals surface area contributed by atoms with Crippen LogP contribution in [0.25, 0.3) is 10.9 Å². The van der Waals surface area contributed by atoms with Crippen molar-refractivity contribution in [2.45, 2.75) is 26.2 Å². The number of aromatic nitrogens is 1. The van der Waals surface area contributed by atoms with Crippen LogP contribution in [0.4, 0.5) is 0 Å². The van der Waals surface area contributed by atoms with Crippen LogP contribution in [0.5, 0.6) is 0 Å². The fourth-order valence-electron chi connectivity index (χ4n) is 3.49. The van der Waals surface area contributed by atoms with Crippen LogP contribution in [0, 0.1) is 5.92 Å². The number of rotatable bonds is 5. The number of hydrogen-bond donors (Lipinski definition) is 1. The van der Waals surface area contributed by atoms with Crippen LogP contribution < -0.4 is 5.32 Å². The average Bonchev–Trinajstić information content (AvgIpc) is 2.69. The Morgan fingerprint density at radius 3 is 2.79 bits per heavy atom. The maximum atomic E-state index is 12.9. The van der Waals surface area contributed by atoms with Gasteiger partial charge in [0, 0.05) is 25.2 Å². The molecule has 1 aromatic heterocycles. The molecule has 148 valence electrons. The molecule has 1 aliphatic rings. The number of amides is 2. The third kappa shape index (κ3) is 4.13. The molecule has 1 heterocycles. The van der Waals surface area contributed by atoms with E-state index >= 15 is 0 Å². The van der Waals surface area contributed by atoms with Gasteiger partial charge in [0.05, 0.1) is 17.6 Å². The van der Waals surface area contributed by atoms with Crippen LogP contribution in [0.1, 0.15) is 35.0 Å². The van der Waals surface area contributed by atoms with Crippen LogP contribution in [0.3, 0.4) is 0 Å². The number of hydrogen-bond acceptors (Lipinski definition) is 5. The number of carbonyl (C=O) groups is 3. The molecule has 0 spiro atoms. The van der Waals surface area contributed by atoms with Crippen molar-refractivity contribution in [3.63, 3.8) is 0 Å². The summed E-state index contributed by atoms with van der Waals surface area (Å²) in [5.41, 5.74) is 3.13. The summed E-state index contributed by atoms with van der Waals surface area (Å²) >= 11 is 0. The number of pyridine rings is 1. The number of fused-ring (bicyclic) bond motifs is 2. The number of ether oxygens (including phenoxy) is 1. The number of nitrogens with one attached hydrogen (secondary N) is 1. The second-order valence-electron chi connectivity index (χ2n) is 7.28. The Morgan fingerprint density at radius 2 is 2.04 bits per heavy atom. The SMILES string of the molecule is CNC(=O)CN(C)C(=O)COC(=O)c1c2c(nc3ccccc13)CC[C@@H](C)C2. The summed E-state index contributed by atoms with van der Waals surface area (Å²) in [4.78, 5) is 42.5. The number of nitrogens with zero attached hydrogens (tertiary/aromatic N) is 2. The van der Waals surface area contributed by atoms with E-state index in [2.05, 4.69) is 12.2 Å². The number of esters is 1. The highest BCUT2D eigenvalue weighted by Gasteiger charge is 2.26. The summed E-state index contributed by atoms with van der Waals surface area (Å²) in [5, 5.41) is 3.19. The fourth-order valence-corrected chi connectivity index (χ4v) is 3.49. The van der Waals surface area contributed by atoms with Crippen LogP contribution in [0.15, 0.2) is 24.3 Å². The van der Waals surface area contributed by atoms with Gasteiger partial charge in [-0.1, -0.05) is 25.1 Å². The van der Waals surface area contributed by atoms with E-state index in [1.807, 2.05) is 24.3 Å². The summed E-state index contributed by atoms with van der Waals surface area (Å²) in [5.74, 6) is -0.782. The van der Waals surface area contributed by atoms with Crippen LogP contribution in [0.2, 0.25) is 0 Å². The highest BCUT2D eigenvalue weighted by Crippen LogP contribution is 2.31. The molecule has 0 saturated heterocycles. The number of likely N-dealkylation sites (N-methyl/N-ethyl adjacent to an activating group) is 2. The first-order valence-corrected chi connectivity index (χ1v) is 9.42. The van der Waals surface area contributed by atoms with E-state index in [9.17, 15) is 14.4 Å². The molecule has 3 rings (SSSR count). The van der Waals surface area contributed by atoms with E-state index in [1.165, 1.54) is 19.0 Å². The molecule has 0 radical (unpaired) electrons. The maximum absolute atomic E-state index is 12.9. The van der Waals surface area contributed by atoms with Crippen molar-refractivity contribution in [2.24, 2.45) is 5.92 Å². The highest BCUT2D eigenvalue weighted by atomic mass is 16.5. The second kappa shape index (κ2) is 8.37. The molecule has 2 aromatic rings. The summed E-state index contributed by atoms with van der Waals surface area (Å²) in [6.07, 6.45) is 2.63. The molecule has 0 fully saturated rings. The molecule has 7 heteroatoms. The lowest BCUT2D eigenvalue weighted by molar-refractivity contribution is -0.137. The van der Waals surface area contributed by atoms with Crippen LogP contribution in [-0.4, -0.2) is 54.9 Å². The third-order valence-electron chi connectivity index (χ3n) is 5.12. The normalized spacial score (nSPS) is 15.6. The minimum atomic E-state index is -0.523. The van der Waals surface area contributed by atoms with Crippen molar-refractivity contribution in [3.8, 4) is 0 Å². The number of para-hydroxylation sites is 1. The molecule has 2 amide bonds. The first-order valence-electron chi connectivity index (χ1n) is 9.42. The fraction of sp³-hybridized carbons (Fsp3) is 0.429.